The molecular formula is C51H33NS3. The summed E-state index contributed by atoms with van der Waals surface area (Å²) >= 11 is 5.61. The quantitative estimate of drug-likeness (QED) is 0.146. The number of nitrogens with zero attached hydrogens (tertiary/aromatic N) is 1. The van der Waals surface area contributed by atoms with E-state index in [0.717, 1.165) is 17.8 Å². The van der Waals surface area contributed by atoms with Crippen LogP contribution in [0, 0.1) is 0 Å². The van der Waals surface area contributed by atoms with E-state index in [1.807, 2.05) is 34.0 Å². The van der Waals surface area contributed by atoms with Crippen LogP contribution in [0.3, 0.4) is 0 Å². The first-order valence-corrected chi connectivity index (χ1v) is 21.1. The van der Waals surface area contributed by atoms with Crippen molar-refractivity contribution in [1.82, 2.24) is 0 Å². The number of hydrogen-bond acceptors (Lipinski definition) is 4. The van der Waals surface area contributed by atoms with Crippen LogP contribution in [0.4, 0.5) is 17.1 Å². The van der Waals surface area contributed by atoms with E-state index in [0.29, 0.717) is 0 Å². The zero-order valence-electron chi connectivity index (χ0n) is 29.8. The van der Waals surface area contributed by atoms with Gasteiger partial charge in [0.15, 0.2) is 0 Å². The van der Waals surface area contributed by atoms with Gasteiger partial charge < -0.3 is 4.90 Å². The standard InChI is InChI=1S/C51H33NS3/c1-3-12-35(13-4-1)36(28-33-22-25-47-41(30-33)39-16-7-9-19-45(39)53-47)29-34-23-26-49-43(31-34)51-44(18-11-21-50(51)55-49)52(37-14-5-2-6-15-37)38-24-27-48-42(32-38)40-17-8-10-20-46(40)54-48/h1-28,30-32H,29H2/b36-28-. The number of rotatable bonds is 7. The summed E-state index contributed by atoms with van der Waals surface area (Å²) in [4.78, 5) is 2.45. The van der Waals surface area contributed by atoms with Gasteiger partial charge in [0.2, 0.25) is 0 Å². The molecule has 4 heteroatoms. The molecule has 55 heavy (non-hydrogen) atoms. The summed E-state index contributed by atoms with van der Waals surface area (Å²) in [5.41, 5.74) is 8.59. The molecule has 0 fully saturated rings. The van der Waals surface area contributed by atoms with Crippen LogP contribution >= 0.6 is 34.0 Å². The fraction of sp³-hybridized carbons (Fsp3) is 0.0196. The molecule has 0 aliphatic rings. The van der Waals surface area contributed by atoms with Gasteiger partial charge in [0.05, 0.1) is 5.69 Å². The maximum absolute atomic E-state index is 2.45. The van der Waals surface area contributed by atoms with Gasteiger partial charge in [-0.15, -0.1) is 34.0 Å². The lowest BCUT2D eigenvalue weighted by Gasteiger charge is -2.26. The number of allylic oxidation sites excluding steroid dienone is 1. The Balaban J connectivity index is 1.06. The largest absolute Gasteiger partial charge is 0.310 e. The van der Waals surface area contributed by atoms with Crippen LogP contribution in [0.15, 0.2) is 182 Å². The van der Waals surface area contributed by atoms with Crippen LogP contribution in [0.25, 0.3) is 72.2 Å². The summed E-state index contributed by atoms with van der Waals surface area (Å²) in [5, 5.41) is 7.87. The minimum Gasteiger partial charge on any atom is -0.310 e. The first-order valence-electron chi connectivity index (χ1n) is 18.6. The van der Waals surface area contributed by atoms with Crippen molar-refractivity contribution < 1.29 is 0 Å². The van der Waals surface area contributed by atoms with Crippen LogP contribution in [0.5, 0.6) is 0 Å². The minimum atomic E-state index is 0.826. The Kier molecular flexibility index (Phi) is 7.87. The predicted molar refractivity (Wildman–Crippen MR) is 244 cm³/mol. The Morgan fingerprint density at radius 2 is 1.00 bits per heavy atom. The predicted octanol–water partition coefficient (Wildman–Crippen LogP) is 16.0. The first kappa shape index (κ1) is 32.4. The summed E-state index contributed by atoms with van der Waals surface area (Å²) in [6, 6.07) is 67.0. The van der Waals surface area contributed by atoms with Gasteiger partial charge in [0.1, 0.15) is 0 Å². The van der Waals surface area contributed by atoms with E-state index >= 15 is 0 Å². The van der Waals surface area contributed by atoms with Crippen molar-refractivity contribution in [3.05, 3.63) is 199 Å². The average molecular weight is 756 g/mol. The van der Waals surface area contributed by atoms with E-state index in [4.69, 9.17) is 0 Å². The van der Waals surface area contributed by atoms with Gasteiger partial charge in [0.25, 0.3) is 0 Å². The molecule has 11 rings (SSSR count). The normalized spacial score (nSPS) is 12.2. The zero-order valence-corrected chi connectivity index (χ0v) is 32.2. The molecule has 0 saturated heterocycles. The van der Waals surface area contributed by atoms with Crippen molar-refractivity contribution in [3.8, 4) is 0 Å². The van der Waals surface area contributed by atoms with Gasteiger partial charge >= 0.3 is 0 Å². The van der Waals surface area contributed by atoms with E-state index in [9.17, 15) is 0 Å². The van der Waals surface area contributed by atoms with Crippen LogP contribution in [0.2, 0.25) is 0 Å². The van der Waals surface area contributed by atoms with Crippen molar-refractivity contribution in [1.29, 1.82) is 0 Å². The third-order valence-corrected chi connectivity index (χ3v) is 14.1. The molecule has 0 amide bonds. The molecule has 0 bridgehead atoms. The number of para-hydroxylation sites is 1. The molecule has 0 aliphatic carbocycles. The van der Waals surface area contributed by atoms with Gasteiger partial charge in [-0.25, -0.2) is 0 Å². The third kappa shape index (κ3) is 5.73. The number of anilines is 3. The highest BCUT2D eigenvalue weighted by atomic mass is 32.1. The fourth-order valence-corrected chi connectivity index (χ4v) is 11.4. The highest BCUT2D eigenvalue weighted by Crippen LogP contribution is 2.47. The molecule has 0 aliphatic heterocycles. The van der Waals surface area contributed by atoms with Crippen molar-refractivity contribution >= 4 is 123 Å². The van der Waals surface area contributed by atoms with Crippen LogP contribution in [-0.4, -0.2) is 0 Å². The summed E-state index contributed by atoms with van der Waals surface area (Å²) < 4.78 is 7.90. The van der Waals surface area contributed by atoms with Crippen LogP contribution in [0.1, 0.15) is 16.7 Å². The SMILES string of the molecule is C(=C(\Cc1ccc2sc3cccc(N(c4ccccc4)c4ccc5sc6ccccc6c5c4)c3c2c1)c1ccccc1)/c1ccc2sc3ccccc3c2c1. The molecule has 260 valence electrons. The Morgan fingerprint density at radius 1 is 0.418 bits per heavy atom. The molecule has 1 nitrogen and oxygen atoms in total. The van der Waals surface area contributed by atoms with Gasteiger partial charge in [-0.3, -0.25) is 0 Å². The Labute approximate surface area is 331 Å². The molecule has 0 unspecified atom stereocenters. The average Bonchev–Trinajstić information content (AvgIpc) is 3.92. The van der Waals surface area contributed by atoms with Crippen molar-refractivity contribution in [2.24, 2.45) is 0 Å². The van der Waals surface area contributed by atoms with E-state index in [2.05, 4.69) is 193 Å². The molecule has 0 radical (unpaired) electrons. The molecule has 0 N–H and O–H groups in total. The molecule has 8 aromatic carbocycles. The number of fused-ring (bicyclic) bond motifs is 9. The Morgan fingerprint density at radius 3 is 1.76 bits per heavy atom. The first-order chi connectivity index (χ1) is 27.2. The van der Waals surface area contributed by atoms with Gasteiger partial charge in [0, 0.05) is 71.9 Å². The molecule has 11 aromatic rings. The lowest BCUT2D eigenvalue weighted by atomic mass is 9.94. The van der Waals surface area contributed by atoms with Crippen LogP contribution < -0.4 is 4.90 Å². The van der Waals surface area contributed by atoms with Crippen molar-refractivity contribution in [2.45, 2.75) is 6.42 Å². The smallest absolute Gasteiger partial charge is 0.0554 e. The summed E-state index contributed by atoms with van der Waals surface area (Å²) in [6.07, 6.45) is 3.22. The highest BCUT2D eigenvalue weighted by molar-refractivity contribution is 7.26. The van der Waals surface area contributed by atoms with Crippen LogP contribution in [-0.2, 0) is 6.42 Å². The maximum Gasteiger partial charge on any atom is 0.0554 e. The maximum atomic E-state index is 2.45. The molecule has 3 aromatic heterocycles. The Bertz CT molecular complexity index is 3240. The Hall–Kier alpha value is -6.04. The van der Waals surface area contributed by atoms with E-state index in [-0.39, 0.29) is 0 Å². The van der Waals surface area contributed by atoms with E-state index in [1.54, 1.807) is 0 Å². The van der Waals surface area contributed by atoms with Gasteiger partial charge in [-0.2, -0.15) is 0 Å². The summed E-state index contributed by atoms with van der Waals surface area (Å²) in [6.45, 7) is 0. The fourth-order valence-electron chi connectivity index (χ4n) is 8.15. The lowest BCUT2D eigenvalue weighted by Crippen LogP contribution is -2.10. The lowest BCUT2D eigenvalue weighted by molar-refractivity contribution is 1.30. The number of thiophene rings is 3. The third-order valence-electron chi connectivity index (χ3n) is 10.7. The topological polar surface area (TPSA) is 3.24 Å². The number of hydrogen-bond donors (Lipinski definition) is 0. The minimum absolute atomic E-state index is 0.826. The summed E-state index contributed by atoms with van der Waals surface area (Å²) in [7, 11) is 0. The summed E-state index contributed by atoms with van der Waals surface area (Å²) in [5.74, 6) is 0. The van der Waals surface area contributed by atoms with Gasteiger partial charge in [-0.05, 0) is 108 Å². The van der Waals surface area contributed by atoms with Crippen molar-refractivity contribution in [3.63, 3.8) is 0 Å². The van der Waals surface area contributed by atoms with E-state index in [1.165, 1.54) is 88.5 Å². The zero-order chi connectivity index (χ0) is 36.3. The molecule has 0 saturated carbocycles. The molecule has 0 atom stereocenters. The molecule has 0 spiro atoms. The monoisotopic (exact) mass is 755 g/mol. The second-order valence-electron chi connectivity index (χ2n) is 14.1. The number of benzene rings is 8. The molecular weight excluding hydrogens is 723 g/mol. The second-order valence-corrected chi connectivity index (χ2v) is 17.4. The van der Waals surface area contributed by atoms with Crippen molar-refractivity contribution in [2.75, 3.05) is 4.90 Å². The highest BCUT2D eigenvalue weighted by Gasteiger charge is 2.20. The van der Waals surface area contributed by atoms with Gasteiger partial charge in [-0.1, -0.05) is 109 Å². The van der Waals surface area contributed by atoms with E-state index < -0.39 is 0 Å². The second kappa shape index (κ2) is 13.4. The molecule has 3 heterocycles.